The number of rotatable bonds is 6. The van der Waals surface area contributed by atoms with Gasteiger partial charge < -0.3 is 14.1 Å². The molecule has 1 aromatic heterocycles. The number of hydrogen-bond donors (Lipinski definition) is 0. The van der Waals surface area contributed by atoms with Crippen molar-refractivity contribution in [3.63, 3.8) is 0 Å². The average Bonchev–Trinajstić information content (AvgIpc) is 2.87. The van der Waals surface area contributed by atoms with E-state index in [9.17, 15) is 9.59 Å². The van der Waals surface area contributed by atoms with E-state index in [1.165, 1.54) is 7.11 Å². The van der Waals surface area contributed by atoms with E-state index in [2.05, 4.69) is 0 Å². The monoisotopic (exact) mass is 465 g/mol. The second-order valence-electron chi connectivity index (χ2n) is 8.45. The molecule has 0 bridgehead atoms. The van der Waals surface area contributed by atoms with E-state index in [1.807, 2.05) is 105 Å². The molecule has 0 unspecified atom stereocenters. The highest BCUT2D eigenvalue weighted by atomic mass is 16.5. The normalized spacial score (nSPS) is 11.4. The predicted octanol–water partition coefficient (Wildman–Crippen LogP) is 6.29. The van der Waals surface area contributed by atoms with Gasteiger partial charge >= 0.3 is 11.6 Å². The van der Waals surface area contributed by atoms with E-state index in [-0.39, 0.29) is 11.6 Å². The first-order chi connectivity index (χ1) is 16.9. The Kier molecular flexibility index (Phi) is 6.97. The third-order valence-electron chi connectivity index (χ3n) is 5.89. The van der Waals surface area contributed by atoms with Gasteiger partial charge in [-0.1, -0.05) is 54.6 Å². The maximum Gasteiger partial charge on any atom is 0.343 e. The zero-order valence-electron chi connectivity index (χ0n) is 20.2. The minimum absolute atomic E-state index is 0.347. The van der Waals surface area contributed by atoms with Gasteiger partial charge in [0.05, 0.1) is 18.2 Å². The number of carbonyl (C=O) groups excluding carboxylic acids is 1. The van der Waals surface area contributed by atoms with Crippen molar-refractivity contribution < 1.29 is 13.9 Å². The molecule has 5 nitrogen and oxygen atoms in total. The molecule has 1 heterocycles. The Morgan fingerprint density at radius 3 is 1.91 bits per heavy atom. The molecule has 0 N–H and O–H groups in total. The first-order valence-corrected chi connectivity index (χ1v) is 11.2. The Bertz CT molecular complexity index is 1470. The molecule has 0 aliphatic rings. The highest BCUT2D eigenvalue weighted by molar-refractivity contribution is 5.90. The van der Waals surface area contributed by atoms with Gasteiger partial charge in [-0.05, 0) is 59.5 Å². The summed E-state index contributed by atoms with van der Waals surface area (Å²) in [5.41, 5.74) is 6.20. The SMILES string of the molecule is COC(=O)c1ccc(/C=C/c2ccc(/C=C/c3c(C)c4ccc(N(C)C)cc4oc3=O)cc2)cc1. The van der Waals surface area contributed by atoms with Gasteiger partial charge in [0.15, 0.2) is 0 Å². The summed E-state index contributed by atoms with van der Waals surface area (Å²) in [6.45, 7) is 1.94. The maximum absolute atomic E-state index is 12.6. The number of ether oxygens (including phenoxy) is 1. The predicted molar refractivity (Wildman–Crippen MR) is 144 cm³/mol. The summed E-state index contributed by atoms with van der Waals surface area (Å²) in [4.78, 5) is 26.2. The lowest BCUT2D eigenvalue weighted by molar-refractivity contribution is 0.0600. The van der Waals surface area contributed by atoms with Crippen molar-refractivity contribution in [1.82, 2.24) is 0 Å². The quantitative estimate of drug-likeness (QED) is 0.190. The fourth-order valence-corrected chi connectivity index (χ4v) is 3.77. The van der Waals surface area contributed by atoms with E-state index in [0.29, 0.717) is 16.7 Å². The van der Waals surface area contributed by atoms with Gasteiger partial charge in [0, 0.05) is 31.2 Å². The Balaban J connectivity index is 1.50. The Hall–Kier alpha value is -4.38. The number of nitrogens with zero attached hydrogens (tertiary/aromatic N) is 1. The molecule has 5 heteroatoms. The van der Waals surface area contributed by atoms with Crippen molar-refractivity contribution in [2.45, 2.75) is 6.92 Å². The third-order valence-corrected chi connectivity index (χ3v) is 5.89. The summed E-state index contributed by atoms with van der Waals surface area (Å²) in [6.07, 6.45) is 7.72. The van der Waals surface area contributed by atoms with Crippen LogP contribution in [0.2, 0.25) is 0 Å². The molecule has 3 aromatic carbocycles. The molecule has 176 valence electrons. The maximum atomic E-state index is 12.6. The Morgan fingerprint density at radius 1 is 0.829 bits per heavy atom. The second kappa shape index (κ2) is 10.3. The molecule has 35 heavy (non-hydrogen) atoms. The number of carbonyl (C=O) groups is 1. The van der Waals surface area contributed by atoms with E-state index in [1.54, 1.807) is 12.1 Å². The molecular formula is C30H27NO4. The highest BCUT2D eigenvalue weighted by Crippen LogP contribution is 2.25. The molecule has 0 atom stereocenters. The lowest BCUT2D eigenvalue weighted by Crippen LogP contribution is -2.09. The number of esters is 1. The molecule has 0 amide bonds. The van der Waals surface area contributed by atoms with Crippen LogP contribution in [0.3, 0.4) is 0 Å². The largest absolute Gasteiger partial charge is 0.465 e. The zero-order chi connectivity index (χ0) is 24.9. The van der Waals surface area contributed by atoms with Crippen LogP contribution in [-0.2, 0) is 4.74 Å². The van der Waals surface area contributed by atoms with Gasteiger partial charge in [-0.25, -0.2) is 9.59 Å². The Labute approximate surface area is 204 Å². The van der Waals surface area contributed by atoms with Crippen LogP contribution in [-0.4, -0.2) is 27.2 Å². The van der Waals surface area contributed by atoms with Gasteiger partial charge in [0.2, 0.25) is 0 Å². The van der Waals surface area contributed by atoms with Crippen LogP contribution in [0.15, 0.2) is 75.9 Å². The molecule has 0 aliphatic carbocycles. The number of anilines is 1. The third kappa shape index (κ3) is 5.41. The molecule has 0 radical (unpaired) electrons. The summed E-state index contributed by atoms with van der Waals surface area (Å²) < 4.78 is 10.3. The van der Waals surface area contributed by atoms with Gasteiger partial charge in [0.1, 0.15) is 5.58 Å². The molecule has 4 aromatic rings. The number of aryl methyl sites for hydroxylation is 1. The molecule has 0 spiro atoms. The van der Waals surface area contributed by atoms with Crippen LogP contribution in [0, 0.1) is 6.92 Å². The Morgan fingerprint density at radius 2 is 1.37 bits per heavy atom. The lowest BCUT2D eigenvalue weighted by Gasteiger charge is -2.13. The van der Waals surface area contributed by atoms with Crippen molar-refractivity contribution >= 4 is 46.9 Å². The smallest absolute Gasteiger partial charge is 0.343 e. The minimum Gasteiger partial charge on any atom is -0.465 e. The minimum atomic E-state index is -0.348. The summed E-state index contributed by atoms with van der Waals surface area (Å²) in [5, 5.41) is 0.926. The molecule has 0 saturated carbocycles. The van der Waals surface area contributed by atoms with Crippen LogP contribution in [0.5, 0.6) is 0 Å². The first kappa shape index (κ1) is 23.8. The number of benzene rings is 3. The number of hydrogen-bond acceptors (Lipinski definition) is 5. The van der Waals surface area contributed by atoms with Gasteiger partial charge in [-0.3, -0.25) is 0 Å². The zero-order valence-corrected chi connectivity index (χ0v) is 20.2. The number of fused-ring (bicyclic) bond motifs is 1. The van der Waals surface area contributed by atoms with Crippen LogP contribution in [0.25, 0.3) is 35.3 Å². The van der Waals surface area contributed by atoms with Crippen molar-refractivity contribution in [2.24, 2.45) is 0 Å². The summed E-state index contributed by atoms with van der Waals surface area (Å²) in [7, 11) is 5.27. The van der Waals surface area contributed by atoms with E-state index < -0.39 is 0 Å². The van der Waals surface area contributed by atoms with Gasteiger partial charge in [-0.15, -0.1) is 0 Å². The summed E-state index contributed by atoms with van der Waals surface area (Å²) in [6, 6.07) is 21.1. The van der Waals surface area contributed by atoms with Crippen molar-refractivity contribution in [2.75, 3.05) is 26.1 Å². The van der Waals surface area contributed by atoms with E-state index in [0.717, 1.165) is 33.3 Å². The van der Waals surface area contributed by atoms with Gasteiger partial charge in [-0.2, -0.15) is 0 Å². The first-order valence-electron chi connectivity index (χ1n) is 11.2. The fraction of sp³-hybridized carbons (Fsp3) is 0.133. The topological polar surface area (TPSA) is 59.8 Å². The average molecular weight is 466 g/mol. The lowest BCUT2D eigenvalue weighted by atomic mass is 10.0. The van der Waals surface area contributed by atoms with E-state index >= 15 is 0 Å². The van der Waals surface area contributed by atoms with Crippen LogP contribution < -0.4 is 10.5 Å². The van der Waals surface area contributed by atoms with Crippen LogP contribution >= 0.6 is 0 Å². The molecule has 4 rings (SSSR count). The standard InChI is InChI=1S/C30H27NO4/c1-20-26-18-16-25(31(2)3)19-28(26)35-30(33)27(20)17-13-22-8-5-21(6-9-22)7-10-23-11-14-24(15-12-23)29(32)34-4/h5-19H,1-4H3/b10-7+,17-13+. The fourth-order valence-electron chi connectivity index (χ4n) is 3.77. The second-order valence-corrected chi connectivity index (χ2v) is 8.45. The molecule has 0 aliphatic heterocycles. The summed E-state index contributed by atoms with van der Waals surface area (Å²) in [5.74, 6) is -0.348. The summed E-state index contributed by atoms with van der Waals surface area (Å²) >= 11 is 0. The van der Waals surface area contributed by atoms with Crippen molar-refractivity contribution in [3.8, 4) is 0 Å². The molecule has 0 fully saturated rings. The molecular weight excluding hydrogens is 438 g/mol. The highest BCUT2D eigenvalue weighted by Gasteiger charge is 2.10. The van der Waals surface area contributed by atoms with E-state index in [4.69, 9.17) is 9.15 Å². The number of methoxy groups -OCH3 is 1. The molecule has 0 saturated heterocycles. The van der Waals surface area contributed by atoms with Gasteiger partial charge in [0.25, 0.3) is 0 Å². The van der Waals surface area contributed by atoms with Crippen molar-refractivity contribution in [3.05, 3.63) is 111 Å². The van der Waals surface area contributed by atoms with Crippen molar-refractivity contribution in [1.29, 1.82) is 0 Å². The van der Waals surface area contributed by atoms with Crippen LogP contribution in [0.4, 0.5) is 5.69 Å². The van der Waals surface area contributed by atoms with Crippen LogP contribution in [0.1, 0.15) is 38.2 Å².